The Kier molecular flexibility index (Phi) is 6.68. The second-order valence-electron chi connectivity index (χ2n) is 8.82. The van der Waals surface area contributed by atoms with E-state index in [2.05, 4.69) is 34.0 Å². The third-order valence-electron chi connectivity index (χ3n) is 6.41. The van der Waals surface area contributed by atoms with E-state index >= 15 is 0 Å². The van der Waals surface area contributed by atoms with E-state index in [1.165, 1.54) is 12.7 Å². The number of H-pyrrole nitrogens is 1. The zero-order chi connectivity index (χ0) is 24.4. The third-order valence-corrected chi connectivity index (χ3v) is 7.09. The van der Waals surface area contributed by atoms with Crippen molar-refractivity contribution in [1.29, 1.82) is 0 Å². The molecule has 2 aromatic heterocycles. The maximum Gasteiger partial charge on any atom is 0.337 e. The number of rotatable bonds is 6. The Labute approximate surface area is 208 Å². The minimum Gasteiger partial charge on any atom is -0.494 e. The van der Waals surface area contributed by atoms with Gasteiger partial charge in [0.25, 0.3) is 0 Å². The molecule has 1 saturated heterocycles. The number of fused-ring (bicyclic) bond motifs is 1. The molecule has 1 aliphatic rings. The zero-order valence-corrected chi connectivity index (χ0v) is 20.6. The number of nitrogens with one attached hydrogen (secondary N) is 1. The number of carbonyl (C=O) groups excluding carboxylic acids is 1. The number of hydrogen-bond acceptors (Lipinski definition) is 7. The van der Waals surface area contributed by atoms with Crippen LogP contribution in [0, 0.1) is 0 Å². The van der Waals surface area contributed by atoms with Crippen LogP contribution in [0.5, 0.6) is 5.88 Å². The number of aromatic nitrogens is 1. The Morgan fingerprint density at radius 1 is 1.09 bits per heavy atom. The second kappa shape index (κ2) is 10.0. The van der Waals surface area contributed by atoms with Crippen molar-refractivity contribution in [2.24, 2.45) is 4.99 Å². The van der Waals surface area contributed by atoms with Crippen molar-refractivity contribution in [3.05, 3.63) is 81.5 Å². The van der Waals surface area contributed by atoms with E-state index in [0.717, 1.165) is 49.5 Å². The molecule has 180 valence electrons. The Bertz CT molecular complexity index is 1350. The third kappa shape index (κ3) is 5.00. The van der Waals surface area contributed by atoms with Crippen LogP contribution >= 0.6 is 11.3 Å². The van der Waals surface area contributed by atoms with E-state index < -0.39 is 5.97 Å². The van der Waals surface area contributed by atoms with Crippen LogP contribution in [0.25, 0.3) is 10.9 Å². The lowest BCUT2D eigenvalue weighted by Gasteiger charge is -2.32. The highest BCUT2D eigenvalue weighted by Gasteiger charge is 2.21. The quantitative estimate of drug-likeness (QED) is 0.305. The van der Waals surface area contributed by atoms with Crippen LogP contribution in [0.15, 0.2) is 64.3 Å². The van der Waals surface area contributed by atoms with Gasteiger partial charge < -0.3 is 19.7 Å². The molecule has 0 spiro atoms. The fourth-order valence-electron chi connectivity index (χ4n) is 4.40. The van der Waals surface area contributed by atoms with Gasteiger partial charge in [0.1, 0.15) is 0 Å². The number of aliphatic imine (C=N–C) groups is 1. The van der Waals surface area contributed by atoms with Gasteiger partial charge in [-0.15, -0.1) is 0 Å². The van der Waals surface area contributed by atoms with Crippen LogP contribution in [-0.4, -0.2) is 71.9 Å². The van der Waals surface area contributed by atoms with Gasteiger partial charge in [0, 0.05) is 54.6 Å². The molecule has 1 fully saturated rings. The monoisotopic (exact) mass is 488 g/mol. The number of nitrogens with zero attached hydrogens (tertiary/aromatic N) is 3. The molecule has 7 nitrogen and oxygen atoms in total. The first kappa shape index (κ1) is 23.3. The molecule has 0 radical (unpaired) electrons. The van der Waals surface area contributed by atoms with E-state index in [0.29, 0.717) is 22.2 Å². The summed E-state index contributed by atoms with van der Waals surface area (Å²) in [7, 11) is 3.52. The molecule has 8 heteroatoms. The highest BCUT2D eigenvalue weighted by atomic mass is 32.1. The van der Waals surface area contributed by atoms with E-state index in [1.54, 1.807) is 29.5 Å². The number of benzene rings is 2. The van der Waals surface area contributed by atoms with Crippen LogP contribution in [-0.2, 0) is 11.3 Å². The van der Waals surface area contributed by atoms with Crippen LogP contribution in [0.4, 0.5) is 5.69 Å². The van der Waals surface area contributed by atoms with Gasteiger partial charge in [-0.2, -0.15) is 11.3 Å². The summed E-state index contributed by atoms with van der Waals surface area (Å²) in [5.74, 6) is -0.415. The molecule has 4 aromatic rings. The summed E-state index contributed by atoms with van der Waals surface area (Å²) in [5.41, 5.74) is 5.29. The predicted molar refractivity (Wildman–Crippen MR) is 140 cm³/mol. The fraction of sp³-hybridized carbons (Fsp3) is 0.259. The molecule has 0 amide bonds. The largest absolute Gasteiger partial charge is 0.494 e. The van der Waals surface area contributed by atoms with Gasteiger partial charge in [0.15, 0.2) is 5.88 Å². The molecule has 0 aliphatic carbocycles. The highest BCUT2D eigenvalue weighted by molar-refractivity contribution is 7.08. The molecule has 0 saturated carbocycles. The summed E-state index contributed by atoms with van der Waals surface area (Å²) in [5, 5.41) is 15.6. The Morgan fingerprint density at radius 3 is 2.54 bits per heavy atom. The lowest BCUT2D eigenvalue weighted by Crippen LogP contribution is -2.43. The van der Waals surface area contributed by atoms with Gasteiger partial charge in [0.05, 0.1) is 29.6 Å². The Hall–Kier alpha value is -3.46. The Balaban J connectivity index is 1.50. The lowest BCUT2D eigenvalue weighted by molar-refractivity contribution is 0.0601. The summed E-state index contributed by atoms with van der Waals surface area (Å²) >= 11 is 1.56. The van der Waals surface area contributed by atoms with Crippen molar-refractivity contribution in [3.63, 3.8) is 0 Å². The molecule has 3 heterocycles. The number of likely N-dealkylation sites (N-methyl/N-ethyl adjacent to an activating group) is 1. The SMILES string of the molecule is COC(=O)c1ccc2[nH]c(O)c(C(=Nc3ccc(CN4CCN(C)CC4)cc3)c3ccsc3)c2c1. The first-order valence-corrected chi connectivity index (χ1v) is 12.5. The summed E-state index contributed by atoms with van der Waals surface area (Å²) in [6, 6.07) is 15.4. The van der Waals surface area contributed by atoms with Gasteiger partial charge in [-0.3, -0.25) is 4.90 Å². The minimum absolute atomic E-state index is 0.0126. The van der Waals surface area contributed by atoms with Crippen molar-refractivity contribution >= 4 is 39.6 Å². The predicted octanol–water partition coefficient (Wildman–Crippen LogP) is 4.64. The van der Waals surface area contributed by atoms with E-state index in [1.807, 2.05) is 29.0 Å². The molecule has 0 atom stereocenters. The number of carbonyl (C=O) groups is 1. The maximum absolute atomic E-state index is 12.1. The summed E-state index contributed by atoms with van der Waals surface area (Å²) in [6.45, 7) is 5.27. The van der Waals surface area contributed by atoms with E-state index in [9.17, 15) is 9.90 Å². The number of hydrogen-bond donors (Lipinski definition) is 2. The van der Waals surface area contributed by atoms with Crippen molar-refractivity contribution in [3.8, 4) is 5.88 Å². The fourth-order valence-corrected chi connectivity index (χ4v) is 5.04. The number of aromatic amines is 1. The molecule has 2 aromatic carbocycles. The van der Waals surface area contributed by atoms with Crippen LogP contribution in [0.2, 0.25) is 0 Å². The molecule has 0 unspecified atom stereocenters. The molecule has 35 heavy (non-hydrogen) atoms. The van der Waals surface area contributed by atoms with Crippen molar-refractivity contribution in [1.82, 2.24) is 14.8 Å². The van der Waals surface area contributed by atoms with Crippen molar-refractivity contribution in [2.45, 2.75) is 6.54 Å². The summed E-state index contributed by atoms with van der Waals surface area (Å²) < 4.78 is 4.89. The first-order valence-electron chi connectivity index (χ1n) is 11.6. The minimum atomic E-state index is -0.427. The average molecular weight is 489 g/mol. The number of methoxy groups -OCH3 is 1. The Morgan fingerprint density at radius 2 is 1.86 bits per heavy atom. The van der Waals surface area contributed by atoms with Gasteiger partial charge in [-0.25, -0.2) is 9.79 Å². The number of thiophene rings is 1. The average Bonchev–Trinajstić information content (AvgIpc) is 3.52. The number of aromatic hydroxyl groups is 1. The topological polar surface area (TPSA) is 81.2 Å². The molecule has 1 aliphatic heterocycles. The smallest absolute Gasteiger partial charge is 0.337 e. The normalized spacial score (nSPS) is 15.5. The van der Waals surface area contributed by atoms with E-state index in [4.69, 9.17) is 9.73 Å². The van der Waals surface area contributed by atoms with Crippen molar-refractivity contribution in [2.75, 3.05) is 40.3 Å². The van der Waals surface area contributed by atoms with Crippen LogP contribution in [0.3, 0.4) is 0 Å². The summed E-state index contributed by atoms with van der Waals surface area (Å²) in [6.07, 6.45) is 0. The molecule has 2 N–H and O–H groups in total. The molecular formula is C27H28N4O3S. The molecule has 5 rings (SSSR count). The summed E-state index contributed by atoms with van der Waals surface area (Å²) in [4.78, 5) is 24.9. The van der Waals surface area contributed by atoms with Gasteiger partial charge >= 0.3 is 5.97 Å². The van der Waals surface area contributed by atoms with E-state index in [-0.39, 0.29) is 5.88 Å². The van der Waals surface area contributed by atoms with Gasteiger partial charge in [0.2, 0.25) is 0 Å². The van der Waals surface area contributed by atoms with Crippen LogP contribution in [0.1, 0.15) is 27.0 Å². The van der Waals surface area contributed by atoms with Gasteiger partial charge in [-0.1, -0.05) is 12.1 Å². The standard InChI is InChI=1S/C27H28N4O3S/c1-30-10-12-31(13-11-30)16-18-3-6-21(7-4-18)28-25(20-9-14-35-17-20)24-22-15-19(27(33)34-2)5-8-23(22)29-26(24)32/h3-9,14-15,17,29,32H,10-13,16H2,1-2H3. The second-order valence-corrected chi connectivity index (χ2v) is 9.60. The van der Waals surface area contributed by atoms with Crippen LogP contribution < -0.4 is 0 Å². The lowest BCUT2D eigenvalue weighted by atomic mass is 10.0. The highest BCUT2D eigenvalue weighted by Crippen LogP contribution is 2.33. The molecular weight excluding hydrogens is 460 g/mol. The maximum atomic E-state index is 12.1. The number of esters is 1. The first-order chi connectivity index (χ1) is 17.0. The zero-order valence-electron chi connectivity index (χ0n) is 19.8. The molecule has 0 bridgehead atoms. The number of piperazine rings is 1. The van der Waals surface area contributed by atoms with Gasteiger partial charge in [-0.05, 0) is 54.4 Å². The van der Waals surface area contributed by atoms with Crippen molar-refractivity contribution < 1.29 is 14.6 Å². The number of ether oxygens (including phenoxy) is 1.